The summed E-state index contributed by atoms with van der Waals surface area (Å²) in [5.41, 5.74) is 0. The lowest BCUT2D eigenvalue weighted by Gasteiger charge is -2.27. The van der Waals surface area contributed by atoms with Crippen LogP contribution in [0, 0.1) is 11.8 Å². The van der Waals surface area contributed by atoms with Crippen molar-refractivity contribution < 1.29 is 26.6 Å². The van der Waals surface area contributed by atoms with E-state index in [9.17, 15) is 0 Å². The molecule has 0 rings (SSSR count). The van der Waals surface area contributed by atoms with Crippen LogP contribution in [0.15, 0.2) is 0 Å². The first-order valence-electron chi connectivity index (χ1n) is 8.86. The molecule has 24 heavy (non-hydrogen) atoms. The van der Waals surface area contributed by atoms with Gasteiger partial charge in [0, 0.05) is 39.6 Å². The molecule has 0 radical (unpaired) electrons. The lowest BCUT2D eigenvalue weighted by molar-refractivity contribution is 0.0734. The monoisotopic (exact) mass is 378 g/mol. The second-order valence-corrected chi connectivity index (χ2v) is 9.84. The SMILES string of the molecule is CCO[Si](CC#CC[Si](OCC)(OCC)OCC)(OCC)OCC. The Labute approximate surface area is 149 Å². The maximum absolute atomic E-state index is 5.79. The minimum absolute atomic E-state index is 0.456. The predicted molar refractivity (Wildman–Crippen MR) is 98.7 cm³/mol. The smallest absolute Gasteiger partial charge is 0.373 e. The maximum atomic E-state index is 5.79. The van der Waals surface area contributed by atoms with E-state index in [1.165, 1.54) is 0 Å². The molecule has 0 bridgehead atoms. The fraction of sp³-hybridized carbons (Fsp3) is 0.875. The molecule has 0 N–H and O–H groups in total. The molecule has 0 amide bonds. The summed E-state index contributed by atoms with van der Waals surface area (Å²) >= 11 is 0. The van der Waals surface area contributed by atoms with E-state index >= 15 is 0 Å². The fourth-order valence-electron chi connectivity index (χ4n) is 2.22. The van der Waals surface area contributed by atoms with E-state index < -0.39 is 17.6 Å². The molecule has 0 unspecified atom stereocenters. The Kier molecular flexibility index (Phi) is 13.8. The van der Waals surface area contributed by atoms with Crippen molar-refractivity contribution in [2.75, 3.05) is 39.6 Å². The molecule has 0 aromatic carbocycles. The van der Waals surface area contributed by atoms with Crippen LogP contribution >= 0.6 is 0 Å². The van der Waals surface area contributed by atoms with Crippen molar-refractivity contribution in [2.45, 2.75) is 53.6 Å². The third kappa shape index (κ3) is 8.73. The number of hydrogen-bond acceptors (Lipinski definition) is 6. The van der Waals surface area contributed by atoms with Gasteiger partial charge in [-0.25, -0.2) is 0 Å². The van der Waals surface area contributed by atoms with Crippen LogP contribution in [0.4, 0.5) is 0 Å². The molecule has 0 saturated heterocycles. The highest BCUT2D eigenvalue weighted by molar-refractivity contribution is 6.62. The maximum Gasteiger partial charge on any atom is 0.513 e. The van der Waals surface area contributed by atoms with E-state index in [-0.39, 0.29) is 0 Å². The summed E-state index contributed by atoms with van der Waals surface area (Å²) in [5, 5.41) is 0. The molecular weight excluding hydrogens is 344 g/mol. The highest BCUT2D eigenvalue weighted by Gasteiger charge is 2.41. The average Bonchev–Trinajstić information content (AvgIpc) is 2.53. The highest BCUT2D eigenvalue weighted by Crippen LogP contribution is 2.17. The van der Waals surface area contributed by atoms with E-state index in [0.29, 0.717) is 51.7 Å². The van der Waals surface area contributed by atoms with Crippen LogP contribution in [0.1, 0.15) is 41.5 Å². The average molecular weight is 379 g/mol. The van der Waals surface area contributed by atoms with Gasteiger partial charge in [-0.15, -0.1) is 0 Å². The summed E-state index contributed by atoms with van der Waals surface area (Å²) in [7, 11) is -5.46. The Bertz CT molecular complexity index is 303. The first kappa shape index (κ1) is 23.8. The van der Waals surface area contributed by atoms with Crippen molar-refractivity contribution in [1.82, 2.24) is 0 Å². The van der Waals surface area contributed by atoms with Gasteiger partial charge >= 0.3 is 17.6 Å². The molecule has 0 aliphatic carbocycles. The summed E-state index contributed by atoms with van der Waals surface area (Å²) in [5.74, 6) is 6.29. The van der Waals surface area contributed by atoms with E-state index in [1.807, 2.05) is 41.5 Å². The van der Waals surface area contributed by atoms with Gasteiger partial charge in [-0.05, 0) is 41.5 Å². The van der Waals surface area contributed by atoms with Crippen molar-refractivity contribution >= 4 is 17.6 Å². The van der Waals surface area contributed by atoms with Gasteiger partial charge in [0.15, 0.2) is 0 Å². The Morgan fingerprint density at radius 2 is 0.667 bits per heavy atom. The Hall–Kier alpha value is -0.246. The summed E-state index contributed by atoms with van der Waals surface area (Å²) in [6.45, 7) is 14.9. The number of rotatable bonds is 14. The topological polar surface area (TPSA) is 55.4 Å². The van der Waals surface area contributed by atoms with Crippen molar-refractivity contribution in [3.8, 4) is 11.8 Å². The molecule has 0 atom stereocenters. The molecule has 8 heteroatoms. The fourth-order valence-corrected chi connectivity index (χ4v) is 6.65. The van der Waals surface area contributed by atoms with Gasteiger partial charge in [0.25, 0.3) is 0 Å². The van der Waals surface area contributed by atoms with Crippen LogP contribution in [0.5, 0.6) is 0 Å². The zero-order valence-corrected chi connectivity index (χ0v) is 18.1. The number of hydrogen-bond donors (Lipinski definition) is 0. The van der Waals surface area contributed by atoms with Crippen LogP contribution in [-0.4, -0.2) is 57.3 Å². The van der Waals surface area contributed by atoms with Crippen LogP contribution in [0.2, 0.25) is 12.1 Å². The largest absolute Gasteiger partial charge is 0.513 e. The molecule has 0 aromatic heterocycles. The molecule has 0 aliphatic rings. The molecule has 0 spiro atoms. The van der Waals surface area contributed by atoms with Crippen molar-refractivity contribution in [1.29, 1.82) is 0 Å². The molecule has 142 valence electrons. The van der Waals surface area contributed by atoms with Crippen molar-refractivity contribution in [3.63, 3.8) is 0 Å². The van der Waals surface area contributed by atoms with E-state index in [1.54, 1.807) is 0 Å². The molecule has 0 fully saturated rings. The van der Waals surface area contributed by atoms with Gasteiger partial charge in [-0.2, -0.15) is 0 Å². The lowest BCUT2D eigenvalue weighted by Crippen LogP contribution is -2.46. The Balaban J connectivity index is 5.00. The highest BCUT2D eigenvalue weighted by atomic mass is 28.4. The molecule has 0 heterocycles. The first-order valence-corrected chi connectivity index (χ1v) is 12.7. The van der Waals surface area contributed by atoms with Gasteiger partial charge in [0.1, 0.15) is 0 Å². The third-order valence-corrected chi connectivity index (χ3v) is 8.51. The predicted octanol–water partition coefficient (Wildman–Crippen LogP) is 3.09. The van der Waals surface area contributed by atoms with Crippen molar-refractivity contribution in [3.05, 3.63) is 0 Å². The first-order chi connectivity index (χ1) is 11.6. The lowest BCUT2D eigenvalue weighted by atomic mass is 10.7. The molecule has 0 aromatic rings. The van der Waals surface area contributed by atoms with Crippen LogP contribution in [-0.2, 0) is 26.6 Å². The van der Waals surface area contributed by atoms with Gasteiger partial charge in [0.05, 0.1) is 12.1 Å². The van der Waals surface area contributed by atoms with Gasteiger partial charge < -0.3 is 26.6 Å². The van der Waals surface area contributed by atoms with Gasteiger partial charge in [-0.1, -0.05) is 11.8 Å². The Morgan fingerprint density at radius 3 is 0.833 bits per heavy atom. The standard InChI is InChI=1S/C16H34O6Si2/c1-7-17-23(18-8-2,19-9-3)15-13-14-16-24(20-10-4,21-11-5)22-12-6/h7-12,15-16H2,1-6H3. The van der Waals surface area contributed by atoms with E-state index in [0.717, 1.165) is 0 Å². The van der Waals surface area contributed by atoms with E-state index in [2.05, 4.69) is 11.8 Å². The molecule has 0 saturated carbocycles. The third-order valence-electron chi connectivity index (χ3n) is 2.92. The van der Waals surface area contributed by atoms with E-state index in [4.69, 9.17) is 26.6 Å². The summed E-state index contributed by atoms with van der Waals surface area (Å²) in [6, 6.07) is 0.911. The second kappa shape index (κ2) is 14.0. The minimum atomic E-state index is -2.73. The van der Waals surface area contributed by atoms with Crippen molar-refractivity contribution in [2.24, 2.45) is 0 Å². The second-order valence-electron chi connectivity index (χ2n) is 4.67. The summed E-state index contributed by atoms with van der Waals surface area (Å²) in [4.78, 5) is 0. The van der Waals surface area contributed by atoms with Gasteiger partial charge in [-0.3, -0.25) is 0 Å². The molecular formula is C16H34O6Si2. The normalized spacial score (nSPS) is 12.1. The summed E-state index contributed by atoms with van der Waals surface area (Å²) < 4.78 is 34.8. The van der Waals surface area contributed by atoms with Crippen LogP contribution in [0.3, 0.4) is 0 Å². The zero-order chi connectivity index (χ0) is 18.3. The molecule has 6 nitrogen and oxygen atoms in total. The summed E-state index contributed by atoms with van der Waals surface area (Å²) in [6.07, 6.45) is 0. The Morgan fingerprint density at radius 1 is 0.458 bits per heavy atom. The van der Waals surface area contributed by atoms with Crippen LogP contribution < -0.4 is 0 Å². The zero-order valence-electron chi connectivity index (χ0n) is 16.1. The quantitative estimate of drug-likeness (QED) is 0.342. The molecule has 0 aliphatic heterocycles. The van der Waals surface area contributed by atoms with Crippen LogP contribution in [0.25, 0.3) is 0 Å². The minimum Gasteiger partial charge on any atom is -0.373 e. The van der Waals surface area contributed by atoms with Gasteiger partial charge in [0.2, 0.25) is 0 Å².